The molecule has 0 aromatic heterocycles. The molecule has 0 spiro atoms. The van der Waals surface area contributed by atoms with Gasteiger partial charge in [-0.05, 0) is 0 Å². The second kappa shape index (κ2) is 2.23. The first-order valence-electron chi connectivity index (χ1n) is 3.61. The predicted octanol–water partition coefficient (Wildman–Crippen LogP) is 1.93. The smallest absolute Gasteiger partial charge is 0.360 e. The van der Waals surface area contributed by atoms with Crippen LogP contribution < -0.4 is 0 Å². The van der Waals surface area contributed by atoms with E-state index >= 15 is 0 Å². The van der Waals surface area contributed by atoms with Crippen LogP contribution in [0.4, 0.5) is 22.0 Å². The molecule has 74 valence electrons. The Hall–Kier alpha value is -0.650. The summed E-state index contributed by atoms with van der Waals surface area (Å²) in [6.07, 6.45) is -9.07. The van der Waals surface area contributed by atoms with Gasteiger partial charge in [-0.25, -0.2) is 8.78 Å². The summed E-state index contributed by atoms with van der Waals surface area (Å²) in [4.78, 5) is 0. The zero-order valence-corrected chi connectivity index (χ0v) is 6.18. The Balaban J connectivity index is 2.39. The fourth-order valence-corrected chi connectivity index (χ4v) is 1.59. The molecule has 2 heterocycles. The van der Waals surface area contributed by atoms with Gasteiger partial charge in [-0.3, -0.25) is 0 Å². The average Bonchev–Trinajstić information content (AvgIpc) is 2.53. The maximum absolute atomic E-state index is 13.2. The minimum Gasteiger partial charge on any atom is -0.360 e. The van der Waals surface area contributed by atoms with Crippen LogP contribution in [0.3, 0.4) is 0 Å². The highest BCUT2D eigenvalue weighted by Crippen LogP contribution is 2.51. The van der Waals surface area contributed by atoms with Crippen LogP contribution in [0.2, 0.25) is 0 Å². The van der Waals surface area contributed by atoms with Crippen molar-refractivity contribution in [2.24, 2.45) is 0 Å². The molecule has 0 aliphatic carbocycles. The average molecular weight is 200 g/mol. The van der Waals surface area contributed by atoms with Crippen molar-refractivity contribution in [1.29, 1.82) is 0 Å². The Morgan fingerprint density at radius 2 is 1.85 bits per heavy atom. The van der Waals surface area contributed by atoms with Gasteiger partial charge in [-0.1, -0.05) is 12.2 Å². The molecule has 4 atom stereocenters. The second-order valence-corrected chi connectivity index (χ2v) is 3.07. The minimum atomic E-state index is -5.23. The number of rotatable bonds is 0. The van der Waals surface area contributed by atoms with Gasteiger partial charge in [-0.2, -0.15) is 13.2 Å². The molecule has 1 saturated heterocycles. The van der Waals surface area contributed by atoms with E-state index < -0.39 is 30.2 Å². The third-order valence-electron chi connectivity index (χ3n) is 2.32. The Kier molecular flexibility index (Phi) is 1.53. The largest absolute Gasteiger partial charge is 0.428 e. The summed E-state index contributed by atoms with van der Waals surface area (Å²) in [5.41, 5.74) is -3.87. The summed E-state index contributed by atoms with van der Waals surface area (Å²) in [5, 5.41) is 0. The fraction of sp³-hybridized carbons (Fsp3) is 0.714. The van der Waals surface area contributed by atoms with E-state index in [0.717, 1.165) is 12.2 Å². The first-order valence-corrected chi connectivity index (χ1v) is 3.61. The lowest BCUT2D eigenvalue weighted by molar-refractivity contribution is -0.251. The molecule has 0 N–H and O–H groups in total. The highest BCUT2D eigenvalue weighted by molar-refractivity contribution is 5.25. The van der Waals surface area contributed by atoms with Gasteiger partial charge in [-0.15, -0.1) is 0 Å². The molecule has 2 aliphatic heterocycles. The highest BCUT2D eigenvalue weighted by Gasteiger charge is 2.73. The zero-order chi connectivity index (χ0) is 9.85. The molecule has 0 aromatic rings. The van der Waals surface area contributed by atoms with Crippen LogP contribution in [-0.2, 0) is 4.74 Å². The van der Waals surface area contributed by atoms with Crippen LogP contribution in [0.5, 0.6) is 0 Å². The van der Waals surface area contributed by atoms with Crippen molar-refractivity contribution in [2.45, 2.75) is 30.2 Å². The number of alkyl halides is 5. The van der Waals surface area contributed by atoms with Crippen LogP contribution in [0, 0.1) is 0 Å². The third-order valence-corrected chi connectivity index (χ3v) is 2.32. The van der Waals surface area contributed by atoms with E-state index in [1.165, 1.54) is 0 Å². The molecule has 0 radical (unpaired) electrons. The van der Waals surface area contributed by atoms with Gasteiger partial charge in [0, 0.05) is 0 Å². The molecule has 1 fully saturated rings. The number of halogens is 5. The topological polar surface area (TPSA) is 9.23 Å². The monoisotopic (exact) mass is 200 g/mol. The van der Waals surface area contributed by atoms with Crippen molar-refractivity contribution in [2.75, 3.05) is 0 Å². The van der Waals surface area contributed by atoms with E-state index in [1.54, 1.807) is 0 Å². The molecule has 2 aliphatic rings. The molecule has 6 heteroatoms. The Bertz CT molecular complexity index is 260. The maximum atomic E-state index is 13.2. The number of hydrogen-bond acceptors (Lipinski definition) is 1. The third kappa shape index (κ3) is 0.892. The van der Waals surface area contributed by atoms with E-state index in [9.17, 15) is 22.0 Å². The van der Waals surface area contributed by atoms with E-state index in [4.69, 9.17) is 0 Å². The van der Waals surface area contributed by atoms with E-state index in [1.807, 2.05) is 0 Å². The summed E-state index contributed by atoms with van der Waals surface area (Å²) in [6, 6.07) is 0. The van der Waals surface area contributed by atoms with Crippen molar-refractivity contribution in [1.82, 2.24) is 0 Å². The molecule has 0 amide bonds. The molecule has 0 aromatic carbocycles. The van der Waals surface area contributed by atoms with E-state index in [-0.39, 0.29) is 0 Å². The molecular formula is C7H5F5O. The summed E-state index contributed by atoms with van der Waals surface area (Å²) in [6.45, 7) is 0. The molecule has 0 saturated carbocycles. The normalized spacial score (nSPS) is 48.8. The van der Waals surface area contributed by atoms with Crippen molar-refractivity contribution < 1.29 is 26.7 Å². The van der Waals surface area contributed by atoms with Gasteiger partial charge in [0.25, 0.3) is 5.67 Å². The standard InChI is InChI=1S/C7H5F5O/c8-5-3-1-2-4(13-3)6(5,9)7(10,11)12/h1-5H. The minimum absolute atomic E-state index is 0.911. The molecule has 2 bridgehead atoms. The zero-order valence-electron chi connectivity index (χ0n) is 6.18. The van der Waals surface area contributed by atoms with Gasteiger partial charge in [0.15, 0.2) is 6.17 Å². The lowest BCUT2D eigenvalue weighted by Crippen LogP contribution is -2.54. The fourth-order valence-electron chi connectivity index (χ4n) is 1.59. The lowest BCUT2D eigenvalue weighted by Gasteiger charge is -2.29. The number of ether oxygens (including phenoxy) is 1. The van der Waals surface area contributed by atoms with Crippen molar-refractivity contribution in [3.63, 3.8) is 0 Å². The molecule has 4 unspecified atom stereocenters. The molecule has 13 heavy (non-hydrogen) atoms. The first kappa shape index (κ1) is 8.93. The lowest BCUT2D eigenvalue weighted by atomic mass is 9.88. The first-order chi connectivity index (χ1) is 5.87. The van der Waals surface area contributed by atoms with Crippen LogP contribution in [-0.4, -0.2) is 30.2 Å². The van der Waals surface area contributed by atoms with Gasteiger partial charge < -0.3 is 4.74 Å². The number of hydrogen-bond donors (Lipinski definition) is 0. The highest BCUT2D eigenvalue weighted by atomic mass is 19.4. The van der Waals surface area contributed by atoms with Gasteiger partial charge in [0.2, 0.25) is 0 Å². The maximum Gasteiger partial charge on any atom is 0.428 e. The van der Waals surface area contributed by atoms with E-state index in [0.29, 0.717) is 0 Å². The number of fused-ring (bicyclic) bond motifs is 2. The van der Waals surface area contributed by atoms with Crippen molar-refractivity contribution >= 4 is 0 Å². The Labute approximate surface area is 70.2 Å². The van der Waals surface area contributed by atoms with Crippen LogP contribution in [0.1, 0.15) is 0 Å². The molecule has 1 nitrogen and oxygen atoms in total. The van der Waals surface area contributed by atoms with Crippen LogP contribution in [0.15, 0.2) is 12.2 Å². The SMILES string of the molecule is FC1C2C=CC(O2)C1(F)C(F)(F)F. The second-order valence-electron chi connectivity index (χ2n) is 3.07. The summed E-state index contributed by atoms with van der Waals surface area (Å²) in [7, 11) is 0. The van der Waals surface area contributed by atoms with Crippen LogP contribution >= 0.6 is 0 Å². The summed E-state index contributed by atoms with van der Waals surface area (Å²) >= 11 is 0. The van der Waals surface area contributed by atoms with Gasteiger partial charge in [0.1, 0.15) is 12.2 Å². The predicted molar refractivity (Wildman–Crippen MR) is 32.6 cm³/mol. The Morgan fingerprint density at radius 3 is 2.15 bits per heavy atom. The van der Waals surface area contributed by atoms with Crippen LogP contribution in [0.25, 0.3) is 0 Å². The van der Waals surface area contributed by atoms with Crippen molar-refractivity contribution in [3.8, 4) is 0 Å². The Morgan fingerprint density at radius 1 is 1.23 bits per heavy atom. The van der Waals surface area contributed by atoms with Gasteiger partial charge >= 0.3 is 6.18 Å². The summed E-state index contributed by atoms with van der Waals surface area (Å²) in [5.74, 6) is 0. The van der Waals surface area contributed by atoms with Crippen molar-refractivity contribution in [3.05, 3.63) is 12.2 Å². The molecular weight excluding hydrogens is 195 g/mol. The van der Waals surface area contributed by atoms with E-state index in [2.05, 4.69) is 4.74 Å². The summed E-state index contributed by atoms with van der Waals surface area (Å²) < 4.78 is 66.9. The van der Waals surface area contributed by atoms with Gasteiger partial charge in [0.05, 0.1) is 0 Å². The molecule has 2 rings (SSSR count). The quantitative estimate of drug-likeness (QED) is 0.429.